The third-order valence-electron chi connectivity index (χ3n) is 6.59. The summed E-state index contributed by atoms with van der Waals surface area (Å²) in [5.74, 6) is -0.731. The van der Waals surface area contributed by atoms with Crippen molar-refractivity contribution >= 4 is 98.0 Å². The van der Waals surface area contributed by atoms with E-state index in [1.54, 1.807) is 22.6 Å². The molecule has 0 saturated carbocycles. The molecule has 0 amide bonds. The molecule has 4 rings (SSSR count). The van der Waals surface area contributed by atoms with Crippen LogP contribution in [0.25, 0.3) is 22.3 Å². The third-order valence-corrected chi connectivity index (χ3v) is 12.5. The molecule has 4 aromatic rings. The van der Waals surface area contributed by atoms with Gasteiger partial charge in [0.05, 0.1) is 9.26 Å². The highest BCUT2D eigenvalue weighted by atomic mass is 127. The van der Waals surface area contributed by atoms with E-state index in [1.807, 2.05) is 0 Å². The molecule has 302 valence electrons. The zero-order valence-corrected chi connectivity index (χ0v) is 31.9. The third kappa shape index (κ3) is 10.4. The molecule has 0 bridgehead atoms. The lowest BCUT2D eigenvalue weighted by atomic mass is 9.96. The molecule has 0 aromatic heterocycles. The summed E-state index contributed by atoms with van der Waals surface area (Å²) < 4.78 is 277. The zero-order valence-electron chi connectivity index (χ0n) is 24.3. The minimum atomic E-state index is -11.4. The normalized spacial score (nSPS) is 18.8. The maximum Gasteiger partial charge on any atom is 0.310 e. The SMILES string of the molecule is Oc1c(I)cc(I)cc1C=Nc1c(-c2cc(S(F)(F)(F)(F)F)cc(S(F)(F)(F)(F)F)c2)cccc1-c1cc(S(F)(F)(F)(F)F)cc(S(F)(F)(F)(F)F)c1. The van der Waals surface area contributed by atoms with Crippen molar-refractivity contribution in [1.29, 1.82) is 0 Å². The van der Waals surface area contributed by atoms with Crippen LogP contribution in [0.5, 0.6) is 5.75 Å². The minimum Gasteiger partial charge on any atom is -0.506 e. The van der Waals surface area contributed by atoms with E-state index < -0.39 is 136 Å². The molecule has 0 radical (unpaired) electrons. The first-order valence-electron chi connectivity index (χ1n) is 12.6. The predicted octanol–water partition coefficient (Wildman–Crippen LogP) is 18.3. The Labute approximate surface area is 310 Å². The Morgan fingerprint density at radius 1 is 0.472 bits per heavy atom. The summed E-state index contributed by atoms with van der Waals surface area (Å²) in [5.41, 5.74) is -8.92. The van der Waals surface area contributed by atoms with Gasteiger partial charge in [-0.05, 0) is 105 Å². The second-order valence-corrected chi connectivity index (χ2v) is 23.1. The van der Waals surface area contributed by atoms with Gasteiger partial charge in [0.1, 0.15) is 25.3 Å². The molecular formula is C25H13F20I2NOS4. The van der Waals surface area contributed by atoms with Gasteiger partial charge in [0.15, 0.2) is 0 Å². The second-order valence-electron chi connectivity index (χ2n) is 11.0. The maximum atomic E-state index is 13.8. The van der Waals surface area contributed by atoms with E-state index in [4.69, 9.17) is 0 Å². The quantitative estimate of drug-likeness (QED) is 0.106. The molecule has 2 nitrogen and oxygen atoms in total. The van der Waals surface area contributed by atoms with E-state index in [-0.39, 0.29) is 19.3 Å². The van der Waals surface area contributed by atoms with Gasteiger partial charge >= 0.3 is 40.9 Å². The Morgan fingerprint density at radius 3 is 1.09 bits per heavy atom. The molecule has 0 spiro atoms. The second kappa shape index (κ2) is 9.84. The van der Waals surface area contributed by atoms with Crippen LogP contribution in [0.4, 0.5) is 83.4 Å². The van der Waals surface area contributed by atoms with Crippen LogP contribution in [-0.4, -0.2) is 11.3 Å². The van der Waals surface area contributed by atoms with Gasteiger partial charge < -0.3 is 5.11 Å². The van der Waals surface area contributed by atoms with E-state index in [2.05, 4.69) is 4.99 Å². The summed E-state index contributed by atoms with van der Waals surface area (Å²) in [6, 6.07) is -3.51. The number of aliphatic imine (C=N–C) groups is 1. The summed E-state index contributed by atoms with van der Waals surface area (Å²) in [7, 11) is -45.6. The standard InChI is InChI=1S/C25H13F20I2NOS4/c26-50(27,28,29,30)17-5-13(6-18(10-17)51(31,32,33,34)35)21-2-1-3-22(24(21)48-12-15-4-16(46)9-23(47)25(15)49)14-7-19(52(36,37,38,39)40)11-20(8-14)53(41,42,43,44)45/h1-12,49H. The van der Waals surface area contributed by atoms with Crippen LogP contribution in [0.15, 0.2) is 91.3 Å². The predicted molar refractivity (Wildman–Crippen MR) is 184 cm³/mol. The minimum absolute atomic E-state index is 0.0161. The number of rotatable bonds is 8. The molecule has 0 unspecified atom stereocenters. The summed E-state index contributed by atoms with van der Waals surface area (Å²) in [4.78, 5) is -10.9. The lowest BCUT2D eigenvalue weighted by Crippen LogP contribution is -2.11. The van der Waals surface area contributed by atoms with Crippen LogP contribution in [0.3, 0.4) is 0 Å². The number of phenols is 1. The highest BCUT2D eigenvalue weighted by Crippen LogP contribution is 3.06. The van der Waals surface area contributed by atoms with Gasteiger partial charge in [-0.1, -0.05) is 95.9 Å². The first-order valence-corrected chi connectivity index (χ1v) is 22.6. The van der Waals surface area contributed by atoms with Crippen LogP contribution in [0, 0.1) is 7.14 Å². The van der Waals surface area contributed by atoms with Gasteiger partial charge in [0.2, 0.25) is 0 Å². The fourth-order valence-electron chi connectivity index (χ4n) is 4.31. The van der Waals surface area contributed by atoms with Gasteiger partial charge in [0.25, 0.3) is 0 Å². The number of nitrogens with zero attached hydrogens (tertiary/aromatic N) is 1. The first-order chi connectivity index (χ1) is 22.5. The Kier molecular flexibility index (Phi) is 8.08. The van der Waals surface area contributed by atoms with Crippen molar-refractivity contribution in [2.75, 3.05) is 0 Å². The van der Waals surface area contributed by atoms with Crippen LogP contribution in [0.2, 0.25) is 0 Å². The number of phenolic OH excluding ortho intramolecular Hbond substituents is 1. The molecule has 0 atom stereocenters. The average Bonchev–Trinajstić information content (AvgIpc) is 2.88. The van der Waals surface area contributed by atoms with Gasteiger partial charge in [-0.3, -0.25) is 4.99 Å². The van der Waals surface area contributed by atoms with Crippen molar-refractivity contribution in [3.63, 3.8) is 0 Å². The molecule has 28 heteroatoms. The average molecular weight is 1110 g/mol. The van der Waals surface area contributed by atoms with E-state index in [0.717, 1.165) is 6.07 Å². The van der Waals surface area contributed by atoms with Crippen molar-refractivity contribution in [3.8, 4) is 28.0 Å². The molecule has 53 heavy (non-hydrogen) atoms. The van der Waals surface area contributed by atoms with Crippen molar-refractivity contribution in [2.45, 2.75) is 19.6 Å². The van der Waals surface area contributed by atoms with Gasteiger partial charge in [-0.25, -0.2) is 0 Å². The largest absolute Gasteiger partial charge is 0.506 e. The van der Waals surface area contributed by atoms with E-state index >= 15 is 0 Å². The van der Waals surface area contributed by atoms with E-state index in [9.17, 15) is 82.8 Å². The molecule has 0 heterocycles. The molecule has 0 aliphatic rings. The number of hydrogen-bond acceptors (Lipinski definition) is 2. The van der Waals surface area contributed by atoms with Gasteiger partial charge in [-0.15, -0.1) is 0 Å². The van der Waals surface area contributed by atoms with Crippen LogP contribution < -0.4 is 0 Å². The summed E-state index contributed by atoms with van der Waals surface area (Å²) >= 11 is 3.12. The number of para-hydroxylation sites is 1. The van der Waals surface area contributed by atoms with Crippen LogP contribution >= 0.6 is 86.1 Å². The number of benzene rings is 4. The maximum absolute atomic E-state index is 13.8. The summed E-state index contributed by atoms with van der Waals surface area (Å²) in [5, 5.41) is 10.4. The molecule has 0 aliphatic carbocycles. The van der Waals surface area contributed by atoms with Crippen molar-refractivity contribution in [3.05, 3.63) is 79.4 Å². The van der Waals surface area contributed by atoms with Crippen molar-refractivity contribution < 1.29 is 82.8 Å². The molecule has 1 N–H and O–H groups in total. The Morgan fingerprint density at radius 2 is 0.792 bits per heavy atom. The summed E-state index contributed by atoms with van der Waals surface area (Å²) in [6.07, 6.45) is 0.390. The van der Waals surface area contributed by atoms with Crippen molar-refractivity contribution in [2.24, 2.45) is 4.99 Å². The van der Waals surface area contributed by atoms with Crippen LogP contribution in [0.1, 0.15) is 5.56 Å². The van der Waals surface area contributed by atoms with Gasteiger partial charge in [-0.2, -0.15) is 0 Å². The molecule has 0 aliphatic heterocycles. The van der Waals surface area contributed by atoms with Crippen LogP contribution in [-0.2, 0) is 0 Å². The molecule has 0 fully saturated rings. The highest BCUT2D eigenvalue weighted by Gasteiger charge is 2.71. The monoisotopic (exact) mass is 1100 g/mol. The summed E-state index contributed by atoms with van der Waals surface area (Å²) in [6.45, 7) is 0. The lowest BCUT2D eigenvalue weighted by Gasteiger charge is -2.44. The lowest BCUT2D eigenvalue weighted by molar-refractivity contribution is 0.353. The number of halogens is 22. The molecule has 0 saturated heterocycles. The van der Waals surface area contributed by atoms with Crippen molar-refractivity contribution in [1.82, 2.24) is 0 Å². The van der Waals surface area contributed by atoms with E-state index in [1.165, 1.54) is 28.7 Å². The Balaban J connectivity index is 2.29. The number of aromatic hydroxyl groups is 1. The zero-order chi connectivity index (χ0) is 41.3. The first kappa shape index (κ1) is 43.5. The van der Waals surface area contributed by atoms with E-state index in [0.29, 0.717) is 12.3 Å². The molecular weight excluding hydrogens is 1090 g/mol. The Hall–Kier alpha value is -2.19. The smallest absolute Gasteiger partial charge is 0.310 e. The fraction of sp³-hybridized carbons (Fsp3) is 0. The topological polar surface area (TPSA) is 32.6 Å². The highest BCUT2D eigenvalue weighted by molar-refractivity contribution is 14.1. The number of hydrogen-bond donors (Lipinski definition) is 1. The Bertz CT molecular complexity index is 2070. The van der Waals surface area contributed by atoms with Gasteiger partial charge in [0, 0.05) is 26.5 Å². The fourth-order valence-corrected chi connectivity index (χ4v) is 9.15. The molecule has 4 aromatic carbocycles.